The molecule has 11 nitrogen and oxygen atoms in total. The lowest BCUT2D eigenvalue weighted by Crippen LogP contribution is -2.31. The Balaban J connectivity index is 1.72. The van der Waals surface area contributed by atoms with Crippen molar-refractivity contribution in [3.63, 3.8) is 0 Å². The summed E-state index contributed by atoms with van der Waals surface area (Å²) in [5.41, 5.74) is 1.15. The van der Waals surface area contributed by atoms with E-state index >= 15 is 0 Å². The van der Waals surface area contributed by atoms with E-state index in [4.69, 9.17) is 14.2 Å². The topological polar surface area (TPSA) is 127 Å². The minimum atomic E-state index is -0.686. The van der Waals surface area contributed by atoms with Crippen LogP contribution in [0.2, 0.25) is 0 Å². The maximum atomic E-state index is 12.7. The lowest BCUT2D eigenvalue weighted by molar-refractivity contribution is -0.129. The van der Waals surface area contributed by atoms with Crippen LogP contribution in [-0.4, -0.2) is 73.9 Å². The van der Waals surface area contributed by atoms with Gasteiger partial charge in [0.05, 0.1) is 32.1 Å². The van der Waals surface area contributed by atoms with Crippen LogP contribution in [0.1, 0.15) is 30.7 Å². The van der Waals surface area contributed by atoms with Gasteiger partial charge in [-0.2, -0.15) is 0 Å². The first-order valence-electron chi connectivity index (χ1n) is 11.1. The number of methoxy groups -OCH3 is 2. The van der Waals surface area contributed by atoms with Crippen molar-refractivity contribution in [2.45, 2.75) is 25.2 Å². The van der Waals surface area contributed by atoms with Crippen LogP contribution >= 0.6 is 0 Å². The number of aromatic nitrogens is 2. The summed E-state index contributed by atoms with van der Waals surface area (Å²) in [6.45, 7) is 1.38. The molecule has 0 saturated heterocycles. The van der Waals surface area contributed by atoms with Gasteiger partial charge in [-0.05, 0) is 12.8 Å². The number of carbonyl (C=O) groups excluding carboxylic acids is 2. The van der Waals surface area contributed by atoms with Gasteiger partial charge in [-0.25, -0.2) is 9.97 Å². The first-order chi connectivity index (χ1) is 16.5. The van der Waals surface area contributed by atoms with Gasteiger partial charge in [0.1, 0.15) is 23.9 Å². The zero-order chi connectivity index (χ0) is 24.1. The van der Waals surface area contributed by atoms with Crippen LogP contribution in [0.4, 0.5) is 17.3 Å². The molecular weight excluding hydrogens is 440 g/mol. The minimum Gasteiger partial charge on any atom is -0.493 e. The van der Waals surface area contributed by atoms with Crippen molar-refractivity contribution >= 4 is 35.4 Å². The first kappa shape index (κ1) is 23.3. The number of rotatable bonds is 2. The number of hydrogen-bond donors (Lipinski definition) is 2. The van der Waals surface area contributed by atoms with E-state index < -0.39 is 5.92 Å². The van der Waals surface area contributed by atoms with Crippen molar-refractivity contribution in [1.29, 1.82) is 0 Å². The molecule has 2 aliphatic heterocycles. The lowest BCUT2D eigenvalue weighted by atomic mass is 10.0. The number of nitrogens with zero attached hydrogens (tertiary/aromatic N) is 4. The summed E-state index contributed by atoms with van der Waals surface area (Å²) in [7, 11) is 4.84. The third kappa shape index (κ3) is 4.87. The molecule has 2 aliphatic rings. The second kappa shape index (κ2) is 10.4. The van der Waals surface area contributed by atoms with Gasteiger partial charge in [0.25, 0.3) is 0 Å². The Bertz CT molecular complexity index is 1110. The largest absolute Gasteiger partial charge is 0.493 e. The molecular formula is C23H28N6O5. The summed E-state index contributed by atoms with van der Waals surface area (Å²) in [4.78, 5) is 39.9. The molecule has 1 aromatic carbocycles. The van der Waals surface area contributed by atoms with E-state index in [0.29, 0.717) is 79.1 Å². The van der Waals surface area contributed by atoms with E-state index in [-0.39, 0.29) is 11.8 Å². The van der Waals surface area contributed by atoms with Crippen molar-refractivity contribution in [3.05, 3.63) is 24.0 Å². The molecule has 4 rings (SSSR count). The van der Waals surface area contributed by atoms with Crippen LogP contribution in [0.3, 0.4) is 0 Å². The van der Waals surface area contributed by atoms with Gasteiger partial charge >= 0.3 is 0 Å². The molecule has 34 heavy (non-hydrogen) atoms. The maximum absolute atomic E-state index is 12.7. The van der Waals surface area contributed by atoms with Crippen molar-refractivity contribution in [2.75, 3.05) is 51.6 Å². The van der Waals surface area contributed by atoms with Crippen LogP contribution in [0, 0.1) is 0 Å². The van der Waals surface area contributed by atoms with Gasteiger partial charge in [-0.3, -0.25) is 14.6 Å². The normalized spacial score (nSPS) is 18.7. The van der Waals surface area contributed by atoms with Crippen molar-refractivity contribution in [1.82, 2.24) is 14.9 Å². The molecule has 1 aromatic heterocycles. The number of benzene rings is 1. The molecule has 2 aromatic rings. The Labute approximate surface area is 197 Å². The van der Waals surface area contributed by atoms with E-state index in [1.807, 2.05) is 0 Å². The van der Waals surface area contributed by atoms with E-state index in [1.165, 1.54) is 20.5 Å². The number of nitrogens with one attached hydrogen (secondary N) is 2. The van der Waals surface area contributed by atoms with Crippen molar-refractivity contribution in [2.24, 2.45) is 4.99 Å². The summed E-state index contributed by atoms with van der Waals surface area (Å²) in [5.74, 6) is 1.47. The molecule has 1 unspecified atom stereocenters. The fourth-order valence-electron chi connectivity index (χ4n) is 3.87. The van der Waals surface area contributed by atoms with Crippen LogP contribution in [0.15, 0.2) is 23.5 Å². The smallest absolute Gasteiger partial charge is 0.238 e. The Kier molecular flexibility index (Phi) is 7.09. The molecule has 180 valence electrons. The fourth-order valence-corrected chi connectivity index (χ4v) is 3.87. The summed E-state index contributed by atoms with van der Waals surface area (Å²) in [6.07, 6.45) is 4.77. The molecule has 2 bridgehead atoms. The third-order valence-corrected chi connectivity index (χ3v) is 5.73. The van der Waals surface area contributed by atoms with Crippen LogP contribution in [-0.2, 0) is 9.59 Å². The predicted molar refractivity (Wildman–Crippen MR) is 127 cm³/mol. The average Bonchev–Trinajstić information content (AvgIpc) is 3.16. The molecule has 0 saturated carbocycles. The van der Waals surface area contributed by atoms with E-state index in [1.54, 1.807) is 30.3 Å². The lowest BCUT2D eigenvalue weighted by Gasteiger charge is -2.19. The Morgan fingerprint density at radius 1 is 1.12 bits per heavy atom. The van der Waals surface area contributed by atoms with Gasteiger partial charge in [0.2, 0.25) is 17.6 Å². The molecule has 0 spiro atoms. The Morgan fingerprint density at radius 3 is 2.74 bits per heavy atom. The quantitative estimate of drug-likeness (QED) is 0.688. The summed E-state index contributed by atoms with van der Waals surface area (Å²) < 4.78 is 16.9. The monoisotopic (exact) mass is 468 g/mol. The van der Waals surface area contributed by atoms with Gasteiger partial charge in [-0.1, -0.05) is 0 Å². The predicted octanol–water partition coefficient (Wildman–Crippen LogP) is 2.37. The van der Waals surface area contributed by atoms with Gasteiger partial charge in [-0.15, -0.1) is 0 Å². The molecule has 2 amide bonds. The Hall–Kier alpha value is -3.89. The second-order valence-electron chi connectivity index (χ2n) is 7.96. The molecule has 11 heteroatoms. The van der Waals surface area contributed by atoms with Gasteiger partial charge in [0.15, 0.2) is 11.5 Å². The zero-order valence-electron chi connectivity index (χ0n) is 19.5. The molecule has 0 radical (unpaired) electrons. The molecule has 3 heterocycles. The summed E-state index contributed by atoms with van der Waals surface area (Å²) >= 11 is 0. The summed E-state index contributed by atoms with van der Waals surface area (Å²) in [6, 6.07) is 3.44. The molecule has 0 aliphatic carbocycles. The van der Waals surface area contributed by atoms with Crippen molar-refractivity contribution < 1.29 is 23.8 Å². The van der Waals surface area contributed by atoms with E-state index in [0.717, 1.165) is 0 Å². The van der Waals surface area contributed by atoms with Gasteiger partial charge in [0, 0.05) is 44.9 Å². The van der Waals surface area contributed by atoms with E-state index in [9.17, 15) is 9.59 Å². The second-order valence-corrected chi connectivity index (χ2v) is 7.96. The first-order valence-corrected chi connectivity index (χ1v) is 11.1. The standard InChI is InChI=1S/C23H28N6O5/c1-29-8-7-24-21-19-15(23(31)28-22(19)27-13-26-21)12-25-14-10-16(32-2)20(33-3)17(11-14)34-9-5-4-6-18(29)30/h10-13,15H,4-9H2,1-3H3,(H2,24,26,27,28,31). The zero-order valence-corrected chi connectivity index (χ0v) is 19.5. The fraction of sp³-hybridized carbons (Fsp3) is 0.435. The maximum Gasteiger partial charge on any atom is 0.238 e. The highest BCUT2D eigenvalue weighted by Gasteiger charge is 2.34. The SMILES string of the molecule is COc1cc2cc(c1OC)OCCCCC(=O)N(C)CCNc1ncnc3c1C(C=N2)C(=O)N3. The third-order valence-electron chi connectivity index (χ3n) is 5.73. The Morgan fingerprint density at radius 2 is 1.94 bits per heavy atom. The minimum absolute atomic E-state index is 0.0546. The van der Waals surface area contributed by atoms with Crippen LogP contribution < -0.4 is 24.8 Å². The number of fused-ring (bicyclic) bond motifs is 2. The average molecular weight is 469 g/mol. The number of likely N-dealkylation sites (N-methyl/N-ethyl adjacent to an activating group) is 1. The number of ether oxygens (including phenoxy) is 3. The number of carbonyl (C=O) groups is 2. The van der Waals surface area contributed by atoms with E-state index in [2.05, 4.69) is 25.6 Å². The van der Waals surface area contributed by atoms with Crippen molar-refractivity contribution in [3.8, 4) is 17.2 Å². The highest BCUT2D eigenvalue weighted by molar-refractivity contribution is 6.13. The molecule has 2 N–H and O–H groups in total. The number of anilines is 2. The summed E-state index contributed by atoms with van der Waals surface area (Å²) in [5, 5.41) is 6.01. The molecule has 0 fully saturated rings. The number of aliphatic imine (C=N–C) groups is 1. The molecule has 1 atom stereocenters. The number of hydrogen-bond acceptors (Lipinski definition) is 9. The highest BCUT2D eigenvalue weighted by atomic mass is 16.5. The number of amides is 2. The van der Waals surface area contributed by atoms with Crippen LogP contribution in [0.25, 0.3) is 0 Å². The highest BCUT2D eigenvalue weighted by Crippen LogP contribution is 2.42. The van der Waals surface area contributed by atoms with Gasteiger partial charge < -0.3 is 29.7 Å². The van der Waals surface area contributed by atoms with Crippen LogP contribution in [0.5, 0.6) is 17.2 Å².